The summed E-state index contributed by atoms with van der Waals surface area (Å²) in [6, 6.07) is 16.2. The highest BCUT2D eigenvalue weighted by Crippen LogP contribution is 2.33. The molecule has 5 rings (SSSR count). The van der Waals surface area contributed by atoms with Gasteiger partial charge in [-0.05, 0) is 29.1 Å². The standard InChI is InChI=1S/C22H20N4O2S/c27-20(9-8-19-23-22(24-28-19)17-10-14-29-15-17)26-13-12-25-11-4-7-18(25)21(26)16-5-2-1-3-6-16/h1-7,10-11,14-15,21H,8-9,12-13H2. The number of carbonyl (C=O) groups is 1. The van der Waals surface area contributed by atoms with Gasteiger partial charge in [0.25, 0.3) is 0 Å². The van der Waals surface area contributed by atoms with Crippen LogP contribution in [0.3, 0.4) is 0 Å². The smallest absolute Gasteiger partial charge is 0.227 e. The summed E-state index contributed by atoms with van der Waals surface area (Å²) in [5.74, 6) is 1.17. The van der Waals surface area contributed by atoms with E-state index >= 15 is 0 Å². The van der Waals surface area contributed by atoms with E-state index in [1.165, 1.54) is 0 Å². The predicted molar refractivity (Wildman–Crippen MR) is 110 cm³/mol. The van der Waals surface area contributed by atoms with Crippen LogP contribution in [0.4, 0.5) is 0 Å². The average Bonchev–Trinajstić information content (AvgIpc) is 3.52. The number of nitrogens with zero attached hydrogens (tertiary/aromatic N) is 4. The van der Waals surface area contributed by atoms with Crippen molar-refractivity contribution in [3.63, 3.8) is 0 Å². The fourth-order valence-corrected chi connectivity index (χ4v) is 4.50. The molecule has 4 heterocycles. The highest BCUT2D eigenvalue weighted by molar-refractivity contribution is 7.08. The van der Waals surface area contributed by atoms with Crippen LogP contribution >= 0.6 is 11.3 Å². The van der Waals surface area contributed by atoms with Gasteiger partial charge in [-0.2, -0.15) is 16.3 Å². The Hall–Kier alpha value is -3.19. The van der Waals surface area contributed by atoms with Crippen LogP contribution < -0.4 is 0 Å². The molecule has 1 aromatic carbocycles. The fourth-order valence-electron chi connectivity index (χ4n) is 3.86. The van der Waals surface area contributed by atoms with Crippen molar-refractivity contribution in [2.45, 2.75) is 25.4 Å². The van der Waals surface area contributed by atoms with Gasteiger partial charge < -0.3 is 14.0 Å². The molecule has 146 valence electrons. The lowest BCUT2D eigenvalue weighted by molar-refractivity contribution is -0.134. The van der Waals surface area contributed by atoms with Gasteiger partial charge in [-0.3, -0.25) is 4.79 Å². The maximum absolute atomic E-state index is 13.2. The molecule has 1 aliphatic rings. The molecule has 0 N–H and O–H groups in total. The van der Waals surface area contributed by atoms with Crippen molar-refractivity contribution in [3.05, 3.63) is 82.6 Å². The van der Waals surface area contributed by atoms with Crippen LogP contribution in [0.25, 0.3) is 11.4 Å². The molecule has 1 amide bonds. The first-order valence-electron chi connectivity index (χ1n) is 9.64. The molecular formula is C22H20N4O2S. The predicted octanol–water partition coefficient (Wildman–Crippen LogP) is 4.16. The number of fused-ring (bicyclic) bond motifs is 1. The molecule has 0 saturated carbocycles. The molecule has 0 aliphatic carbocycles. The molecular weight excluding hydrogens is 384 g/mol. The molecule has 0 fully saturated rings. The summed E-state index contributed by atoms with van der Waals surface area (Å²) in [4.78, 5) is 19.6. The van der Waals surface area contributed by atoms with Gasteiger partial charge in [0.15, 0.2) is 0 Å². The Morgan fingerprint density at radius 2 is 2.03 bits per heavy atom. The van der Waals surface area contributed by atoms with E-state index in [1.54, 1.807) is 11.3 Å². The van der Waals surface area contributed by atoms with Gasteiger partial charge in [0.1, 0.15) is 0 Å². The zero-order chi connectivity index (χ0) is 19.6. The topological polar surface area (TPSA) is 64.2 Å². The highest BCUT2D eigenvalue weighted by atomic mass is 32.1. The Labute approximate surface area is 172 Å². The van der Waals surface area contributed by atoms with Gasteiger partial charge in [-0.1, -0.05) is 35.5 Å². The van der Waals surface area contributed by atoms with Crippen molar-refractivity contribution in [2.75, 3.05) is 6.54 Å². The maximum Gasteiger partial charge on any atom is 0.227 e. The summed E-state index contributed by atoms with van der Waals surface area (Å²) in [5.41, 5.74) is 3.21. The lowest BCUT2D eigenvalue weighted by atomic mass is 9.99. The Balaban J connectivity index is 1.33. The van der Waals surface area contributed by atoms with Gasteiger partial charge in [-0.25, -0.2) is 0 Å². The van der Waals surface area contributed by atoms with E-state index in [0.29, 0.717) is 31.1 Å². The number of aromatic nitrogens is 3. The molecule has 3 aromatic heterocycles. The van der Waals surface area contributed by atoms with Crippen LogP contribution in [0.2, 0.25) is 0 Å². The number of thiophene rings is 1. The van der Waals surface area contributed by atoms with E-state index in [0.717, 1.165) is 23.4 Å². The van der Waals surface area contributed by atoms with E-state index < -0.39 is 0 Å². The van der Waals surface area contributed by atoms with Crippen LogP contribution in [0.15, 0.2) is 70.0 Å². The average molecular weight is 404 g/mol. The number of benzene rings is 1. The van der Waals surface area contributed by atoms with Gasteiger partial charge >= 0.3 is 0 Å². The second kappa shape index (κ2) is 7.67. The van der Waals surface area contributed by atoms with Gasteiger partial charge in [0, 0.05) is 48.8 Å². The van der Waals surface area contributed by atoms with E-state index in [9.17, 15) is 4.79 Å². The summed E-state index contributed by atoms with van der Waals surface area (Å²) >= 11 is 1.59. The molecule has 0 bridgehead atoms. The monoisotopic (exact) mass is 404 g/mol. The van der Waals surface area contributed by atoms with Gasteiger partial charge in [0.05, 0.1) is 6.04 Å². The van der Waals surface area contributed by atoms with Crippen molar-refractivity contribution in [1.82, 2.24) is 19.6 Å². The van der Waals surface area contributed by atoms with Gasteiger partial charge in [-0.15, -0.1) is 0 Å². The van der Waals surface area contributed by atoms with Crippen LogP contribution in [0, 0.1) is 0 Å². The minimum atomic E-state index is -0.0727. The summed E-state index contributed by atoms with van der Waals surface area (Å²) in [5, 5.41) is 7.98. The third kappa shape index (κ3) is 3.49. The zero-order valence-corrected chi connectivity index (χ0v) is 16.6. The van der Waals surface area contributed by atoms with Gasteiger partial charge in [0.2, 0.25) is 17.6 Å². The number of hydrogen-bond donors (Lipinski definition) is 0. The SMILES string of the molecule is O=C(CCc1nc(-c2ccsc2)no1)N1CCn2cccc2C1c1ccccc1. The maximum atomic E-state index is 13.2. The highest BCUT2D eigenvalue weighted by Gasteiger charge is 2.31. The molecule has 1 atom stereocenters. The molecule has 1 aliphatic heterocycles. The van der Waals surface area contributed by atoms with E-state index in [4.69, 9.17) is 4.52 Å². The first kappa shape index (κ1) is 17.9. The quantitative estimate of drug-likeness (QED) is 0.501. The Morgan fingerprint density at radius 1 is 1.14 bits per heavy atom. The summed E-state index contributed by atoms with van der Waals surface area (Å²) < 4.78 is 7.58. The number of hydrogen-bond acceptors (Lipinski definition) is 5. The lowest BCUT2D eigenvalue weighted by Crippen LogP contribution is -2.42. The van der Waals surface area contributed by atoms with Crippen molar-refractivity contribution in [1.29, 1.82) is 0 Å². The third-order valence-corrected chi connectivity index (χ3v) is 5.96. The van der Waals surface area contributed by atoms with Crippen LogP contribution in [0.1, 0.15) is 29.6 Å². The molecule has 0 spiro atoms. The normalized spacial score (nSPS) is 16.0. The van der Waals surface area contributed by atoms with Crippen molar-refractivity contribution >= 4 is 17.2 Å². The fraction of sp³-hybridized carbons (Fsp3) is 0.227. The zero-order valence-electron chi connectivity index (χ0n) is 15.8. The first-order valence-corrected chi connectivity index (χ1v) is 10.6. The molecule has 7 heteroatoms. The second-order valence-corrected chi connectivity index (χ2v) is 7.83. The van der Waals surface area contributed by atoms with Crippen LogP contribution in [0.5, 0.6) is 0 Å². The summed E-state index contributed by atoms with van der Waals surface area (Å²) in [6.45, 7) is 1.49. The molecule has 4 aromatic rings. The Bertz CT molecular complexity index is 1100. The molecule has 1 unspecified atom stereocenters. The Morgan fingerprint density at radius 3 is 2.86 bits per heavy atom. The van der Waals surface area contributed by atoms with Crippen molar-refractivity contribution in [3.8, 4) is 11.4 Å². The first-order chi connectivity index (χ1) is 14.3. The molecule has 6 nitrogen and oxygen atoms in total. The van der Waals surface area contributed by atoms with Crippen molar-refractivity contribution in [2.24, 2.45) is 0 Å². The number of rotatable bonds is 5. The minimum Gasteiger partial charge on any atom is -0.348 e. The second-order valence-electron chi connectivity index (χ2n) is 7.05. The molecule has 0 saturated heterocycles. The lowest BCUT2D eigenvalue weighted by Gasteiger charge is -2.37. The Kier molecular flexibility index (Phi) is 4.73. The van der Waals surface area contributed by atoms with E-state index in [-0.39, 0.29) is 11.9 Å². The van der Waals surface area contributed by atoms with Crippen molar-refractivity contribution < 1.29 is 9.32 Å². The molecule has 29 heavy (non-hydrogen) atoms. The van der Waals surface area contributed by atoms with E-state index in [2.05, 4.69) is 39.1 Å². The third-order valence-electron chi connectivity index (χ3n) is 5.27. The summed E-state index contributed by atoms with van der Waals surface area (Å²) in [7, 11) is 0. The number of aryl methyl sites for hydroxylation is 1. The number of carbonyl (C=O) groups excluding carboxylic acids is 1. The molecule has 0 radical (unpaired) electrons. The minimum absolute atomic E-state index is 0.0727. The van der Waals surface area contributed by atoms with Crippen LogP contribution in [-0.4, -0.2) is 32.1 Å². The van der Waals surface area contributed by atoms with Crippen LogP contribution in [-0.2, 0) is 17.8 Å². The summed E-state index contributed by atoms with van der Waals surface area (Å²) in [6.07, 6.45) is 2.86. The number of amides is 1. The van der Waals surface area contributed by atoms with E-state index in [1.807, 2.05) is 46.0 Å². The largest absolute Gasteiger partial charge is 0.348 e.